The van der Waals surface area contributed by atoms with Crippen LogP contribution in [0.15, 0.2) is 24.3 Å². The first-order valence-electron chi connectivity index (χ1n) is 6.33. The van der Waals surface area contributed by atoms with Crippen LogP contribution in [0.3, 0.4) is 0 Å². The number of nitrogens with two attached hydrogens (primary N) is 1. The molecule has 86 valence electrons. The molecule has 0 bridgehead atoms. The summed E-state index contributed by atoms with van der Waals surface area (Å²) in [4.78, 5) is 0. The topological polar surface area (TPSA) is 38.0 Å². The minimum atomic E-state index is 0.522. The van der Waals surface area contributed by atoms with Gasteiger partial charge in [0.25, 0.3) is 0 Å². The lowest BCUT2D eigenvalue weighted by Crippen LogP contribution is -2.39. The summed E-state index contributed by atoms with van der Waals surface area (Å²) in [6, 6.07) is 9.32. The molecule has 0 heterocycles. The number of hydrogen-bond acceptors (Lipinski definition) is 2. The van der Waals surface area contributed by atoms with Crippen LogP contribution in [-0.4, -0.2) is 6.04 Å². The first-order valence-corrected chi connectivity index (χ1v) is 6.33. The van der Waals surface area contributed by atoms with Gasteiger partial charge in [0.05, 0.1) is 0 Å². The summed E-state index contributed by atoms with van der Waals surface area (Å²) < 4.78 is 0. The summed E-state index contributed by atoms with van der Waals surface area (Å²) in [5, 5.41) is 0. The van der Waals surface area contributed by atoms with Crippen LogP contribution in [0.4, 0.5) is 0 Å². The Labute approximate surface area is 97.2 Å². The average molecular weight is 216 g/mol. The Hall–Kier alpha value is -0.860. The Bertz CT molecular complexity index is 388. The van der Waals surface area contributed by atoms with E-state index in [0.29, 0.717) is 6.04 Å². The van der Waals surface area contributed by atoms with Gasteiger partial charge in [-0.2, -0.15) is 0 Å². The highest BCUT2D eigenvalue weighted by Crippen LogP contribution is 2.45. The van der Waals surface area contributed by atoms with Gasteiger partial charge in [-0.3, -0.25) is 11.3 Å². The van der Waals surface area contributed by atoms with E-state index in [0.717, 1.165) is 17.8 Å². The minimum absolute atomic E-state index is 0.522. The smallest absolute Gasteiger partial charge is 0.0247 e. The summed E-state index contributed by atoms with van der Waals surface area (Å²) >= 11 is 0. The van der Waals surface area contributed by atoms with Crippen LogP contribution in [0.2, 0.25) is 0 Å². The third-order valence-corrected chi connectivity index (χ3v) is 4.40. The van der Waals surface area contributed by atoms with Crippen molar-refractivity contribution in [3.63, 3.8) is 0 Å². The Balaban J connectivity index is 1.64. The SMILES string of the molecule is CC1CC1C(CC1Cc2ccccc21)NN. The van der Waals surface area contributed by atoms with E-state index in [-0.39, 0.29) is 0 Å². The highest BCUT2D eigenvalue weighted by Gasteiger charge is 2.41. The van der Waals surface area contributed by atoms with Gasteiger partial charge >= 0.3 is 0 Å². The van der Waals surface area contributed by atoms with Crippen molar-refractivity contribution >= 4 is 0 Å². The van der Waals surface area contributed by atoms with Gasteiger partial charge < -0.3 is 0 Å². The Kier molecular flexibility index (Phi) is 2.49. The third kappa shape index (κ3) is 1.66. The molecule has 4 unspecified atom stereocenters. The van der Waals surface area contributed by atoms with Gasteiger partial charge in [-0.25, -0.2) is 0 Å². The van der Waals surface area contributed by atoms with Gasteiger partial charge in [0.2, 0.25) is 0 Å². The van der Waals surface area contributed by atoms with E-state index in [9.17, 15) is 0 Å². The average Bonchev–Trinajstić information content (AvgIpc) is 2.97. The van der Waals surface area contributed by atoms with Crippen LogP contribution in [0.25, 0.3) is 0 Å². The van der Waals surface area contributed by atoms with Gasteiger partial charge in [0, 0.05) is 6.04 Å². The maximum absolute atomic E-state index is 5.67. The number of nitrogens with one attached hydrogen (secondary N) is 1. The lowest BCUT2D eigenvalue weighted by Gasteiger charge is -2.33. The number of hydrogen-bond donors (Lipinski definition) is 2. The number of benzene rings is 1. The van der Waals surface area contributed by atoms with Crippen LogP contribution in [-0.2, 0) is 6.42 Å². The highest BCUT2D eigenvalue weighted by molar-refractivity contribution is 5.40. The Morgan fingerprint density at radius 3 is 2.81 bits per heavy atom. The number of hydrazine groups is 1. The molecule has 0 amide bonds. The largest absolute Gasteiger partial charge is 0.271 e. The van der Waals surface area contributed by atoms with Crippen molar-refractivity contribution in [1.82, 2.24) is 5.43 Å². The molecular weight excluding hydrogens is 196 g/mol. The van der Waals surface area contributed by atoms with E-state index in [2.05, 4.69) is 36.6 Å². The van der Waals surface area contributed by atoms with Gasteiger partial charge in [-0.05, 0) is 48.1 Å². The predicted molar refractivity (Wildman–Crippen MR) is 65.9 cm³/mol. The molecule has 2 aliphatic carbocycles. The molecule has 1 aromatic carbocycles. The zero-order valence-electron chi connectivity index (χ0n) is 9.82. The van der Waals surface area contributed by atoms with Gasteiger partial charge in [-0.1, -0.05) is 31.2 Å². The quantitative estimate of drug-likeness (QED) is 0.598. The Morgan fingerprint density at radius 1 is 1.44 bits per heavy atom. The molecule has 16 heavy (non-hydrogen) atoms. The lowest BCUT2D eigenvalue weighted by molar-refractivity contribution is 0.379. The molecule has 0 aromatic heterocycles. The number of fused-ring (bicyclic) bond motifs is 1. The molecule has 0 spiro atoms. The minimum Gasteiger partial charge on any atom is -0.271 e. The van der Waals surface area contributed by atoms with Crippen molar-refractivity contribution < 1.29 is 0 Å². The maximum atomic E-state index is 5.67. The van der Waals surface area contributed by atoms with Crippen LogP contribution in [0.5, 0.6) is 0 Å². The summed E-state index contributed by atoms with van der Waals surface area (Å²) in [5.41, 5.74) is 6.11. The third-order valence-electron chi connectivity index (χ3n) is 4.40. The molecule has 1 saturated carbocycles. The van der Waals surface area contributed by atoms with Crippen molar-refractivity contribution in [2.75, 3.05) is 0 Å². The predicted octanol–water partition coefficient (Wildman–Crippen LogP) is 2.20. The molecule has 3 N–H and O–H groups in total. The van der Waals surface area contributed by atoms with Gasteiger partial charge in [0.1, 0.15) is 0 Å². The van der Waals surface area contributed by atoms with E-state index in [1.807, 2.05) is 0 Å². The summed E-state index contributed by atoms with van der Waals surface area (Å²) in [5.74, 6) is 8.10. The second kappa shape index (κ2) is 3.86. The van der Waals surface area contributed by atoms with E-state index in [4.69, 9.17) is 5.84 Å². The molecule has 2 heteroatoms. The highest BCUT2D eigenvalue weighted by atomic mass is 15.2. The molecular formula is C14H20N2. The van der Waals surface area contributed by atoms with Crippen LogP contribution >= 0.6 is 0 Å². The molecule has 4 atom stereocenters. The van der Waals surface area contributed by atoms with E-state index in [1.54, 1.807) is 5.56 Å². The van der Waals surface area contributed by atoms with E-state index in [1.165, 1.54) is 24.8 Å². The van der Waals surface area contributed by atoms with Crippen molar-refractivity contribution in [3.8, 4) is 0 Å². The molecule has 2 aliphatic rings. The maximum Gasteiger partial charge on any atom is 0.0247 e. The zero-order valence-corrected chi connectivity index (χ0v) is 9.82. The van der Waals surface area contributed by atoms with Crippen molar-refractivity contribution in [2.45, 2.75) is 38.1 Å². The van der Waals surface area contributed by atoms with Crippen LogP contribution < -0.4 is 11.3 Å². The monoisotopic (exact) mass is 216 g/mol. The fourth-order valence-electron chi connectivity index (χ4n) is 3.16. The number of rotatable bonds is 4. The van der Waals surface area contributed by atoms with Crippen LogP contribution in [0.1, 0.15) is 36.8 Å². The van der Waals surface area contributed by atoms with Crippen molar-refractivity contribution in [2.24, 2.45) is 17.7 Å². The molecule has 1 aromatic rings. The standard InChI is InChI=1S/C14H20N2/c1-9-6-13(9)14(16-15)8-11-7-10-4-2-3-5-12(10)11/h2-5,9,11,13-14,16H,6-8,15H2,1H3. The normalized spacial score (nSPS) is 32.8. The molecule has 1 fully saturated rings. The zero-order chi connectivity index (χ0) is 11.1. The van der Waals surface area contributed by atoms with Gasteiger partial charge in [-0.15, -0.1) is 0 Å². The second-order valence-electron chi connectivity index (χ2n) is 5.49. The van der Waals surface area contributed by atoms with Crippen molar-refractivity contribution in [1.29, 1.82) is 0 Å². The summed E-state index contributed by atoms with van der Waals surface area (Å²) in [6.45, 7) is 2.32. The molecule has 0 radical (unpaired) electrons. The van der Waals surface area contributed by atoms with Crippen LogP contribution in [0, 0.1) is 11.8 Å². The summed E-state index contributed by atoms with van der Waals surface area (Å²) in [6.07, 6.45) is 3.81. The van der Waals surface area contributed by atoms with E-state index < -0.39 is 0 Å². The molecule has 0 aliphatic heterocycles. The first-order chi connectivity index (χ1) is 7.79. The Morgan fingerprint density at radius 2 is 2.19 bits per heavy atom. The molecule has 3 rings (SSSR count). The first kappa shape index (κ1) is 10.3. The molecule has 2 nitrogen and oxygen atoms in total. The van der Waals surface area contributed by atoms with Crippen molar-refractivity contribution in [3.05, 3.63) is 35.4 Å². The second-order valence-corrected chi connectivity index (χ2v) is 5.49. The van der Waals surface area contributed by atoms with E-state index >= 15 is 0 Å². The lowest BCUT2D eigenvalue weighted by atomic mass is 9.74. The summed E-state index contributed by atoms with van der Waals surface area (Å²) in [7, 11) is 0. The fraction of sp³-hybridized carbons (Fsp3) is 0.571. The fourth-order valence-corrected chi connectivity index (χ4v) is 3.16. The van der Waals surface area contributed by atoms with Gasteiger partial charge in [0.15, 0.2) is 0 Å². The molecule has 0 saturated heterocycles.